The summed E-state index contributed by atoms with van der Waals surface area (Å²) in [4.78, 5) is 0. The van der Waals surface area contributed by atoms with Crippen LogP contribution in [0.5, 0.6) is 0 Å². The number of benzene rings is 2. The molecule has 0 heterocycles. The standard InChI is InChI=1S/C16H17Cl2N/c1-11-6-8-13(9-7-11)10-19-12(2)14-4-3-5-15(17)16(14)18/h3-9,12,19H,10H2,1-2H3. The maximum absolute atomic E-state index is 6.22. The van der Waals surface area contributed by atoms with Crippen molar-refractivity contribution in [1.82, 2.24) is 5.32 Å². The average Bonchev–Trinajstić information content (AvgIpc) is 2.41. The first-order chi connectivity index (χ1) is 9.08. The Balaban J connectivity index is 2.03. The summed E-state index contributed by atoms with van der Waals surface area (Å²) < 4.78 is 0. The van der Waals surface area contributed by atoms with Crippen molar-refractivity contribution < 1.29 is 0 Å². The van der Waals surface area contributed by atoms with Crippen molar-refractivity contribution in [2.45, 2.75) is 26.4 Å². The highest BCUT2D eigenvalue weighted by Crippen LogP contribution is 2.29. The first-order valence-corrected chi connectivity index (χ1v) is 7.06. The minimum Gasteiger partial charge on any atom is -0.306 e. The largest absolute Gasteiger partial charge is 0.306 e. The van der Waals surface area contributed by atoms with Crippen molar-refractivity contribution in [3.63, 3.8) is 0 Å². The highest BCUT2D eigenvalue weighted by Gasteiger charge is 2.11. The number of hydrogen-bond donors (Lipinski definition) is 1. The van der Waals surface area contributed by atoms with E-state index in [4.69, 9.17) is 23.2 Å². The molecule has 0 spiro atoms. The zero-order chi connectivity index (χ0) is 13.8. The summed E-state index contributed by atoms with van der Waals surface area (Å²) in [6.45, 7) is 4.99. The highest BCUT2D eigenvalue weighted by molar-refractivity contribution is 6.42. The summed E-state index contributed by atoms with van der Waals surface area (Å²) >= 11 is 12.3. The van der Waals surface area contributed by atoms with E-state index in [1.807, 2.05) is 12.1 Å². The first-order valence-electron chi connectivity index (χ1n) is 6.31. The van der Waals surface area contributed by atoms with Gasteiger partial charge in [-0.15, -0.1) is 0 Å². The molecule has 0 saturated carbocycles. The van der Waals surface area contributed by atoms with E-state index < -0.39 is 0 Å². The molecule has 1 unspecified atom stereocenters. The van der Waals surface area contributed by atoms with Crippen LogP contribution in [0.4, 0.5) is 0 Å². The highest BCUT2D eigenvalue weighted by atomic mass is 35.5. The van der Waals surface area contributed by atoms with E-state index in [0.29, 0.717) is 10.0 Å². The topological polar surface area (TPSA) is 12.0 Å². The first kappa shape index (κ1) is 14.4. The van der Waals surface area contributed by atoms with Crippen LogP contribution in [0, 0.1) is 6.92 Å². The van der Waals surface area contributed by atoms with Crippen LogP contribution in [0.3, 0.4) is 0 Å². The van der Waals surface area contributed by atoms with Crippen molar-refractivity contribution in [2.75, 3.05) is 0 Å². The van der Waals surface area contributed by atoms with Gasteiger partial charge >= 0.3 is 0 Å². The van der Waals surface area contributed by atoms with Gasteiger partial charge in [0.1, 0.15) is 0 Å². The fraction of sp³-hybridized carbons (Fsp3) is 0.250. The van der Waals surface area contributed by atoms with E-state index in [1.165, 1.54) is 11.1 Å². The molecule has 0 saturated heterocycles. The van der Waals surface area contributed by atoms with Crippen LogP contribution in [-0.4, -0.2) is 0 Å². The third kappa shape index (κ3) is 3.73. The fourth-order valence-electron chi connectivity index (χ4n) is 1.94. The molecule has 19 heavy (non-hydrogen) atoms. The lowest BCUT2D eigenvalue weighted by atomic mass is 10.1. The lowest BCUT2D eigenvalue weighted by Gasteiger charge is -2.16. The van der Waals surface area contributed by atoms with Crippen molar-refractivity contribution >= 4 is 23.2 Å². The van der Waals surface area contributed by atoms with Gasteiger partial charge in [0, 0.05) is 12.6 Å². The summed E-state index contributed by atoms with van der Waals surface area (Å²) in [5, 5.41) is 4.69. The van der Waals surface area contributed by atoms with Crippen LogP contribution in [0.1, 0.15) is 29.7 Å². The Morgan fingerprint density at radius 1 is 1.05 bits per heavy atom. The molecule has 0 radical (unpaired) electrons. The van der Waals surface area contributed by atoms with Gasteiger partial charge in [-0.05, 0) is 31.0 Å². The minimum absolute atomic E-state index is 0.160. The molecule has 1 N–H and O–H groups in total. The van der Waals surface area contributed by atoms with Crippen molar-refractivity contribution in [2.24, 2.45) is 0 Å². The second-order valence-electron chi connectivity index (χ2n) is 4.73. The zero-order valence-corrected chi connectivity index (χ0v) is 12.6. The molecule has 1 atom stereocenters. The van der Waals surface area contributed by atoms with Gasteiger partial charge in [-0.25, -0.2) is 0 Å². The van der Waals surface area contributed by atoms with E-state index in [2.05, 4.69) is 43.4 Å². The quantitative estimate of drug-likeness (QED) is 0.822. The molecule has 0 fully saturated rings. The van der Waals surface area contributed by atoms with Crippen LogP contribution in [-0.2, 0) is 6.54 Å². The molecule has 3 heteroatoms. The molecule has 0 aliphatic carbocycles. The summed E-state index contributed by atoms with van der Waals surface area (Å²) in [5.41, 5.74) is 3.56. The van der Waals surface area contributed by atoms with Crippen molar-refractivity contribution in [3.05, 3.63) is 69.2 Å². The van der Waals surface area contributed by atoms with Crippen molar-refractivity contribution in [1.29, 1.82) is 0 Å². The molecule has 0 bridgehead atoms. The van der Waals surface area contributed by atoms with Crippen LogP contribution < -0.4 is 5.32 Å². The fourth-order valence-corrected chi connectivity index (χ4v) is 2.41. The molecule has 1 nitrogen and oxygen atoms in total. The van der Waals surface area contributed by atoms with Gasteiger partial charge in [-0.1, -0.05) is 65.2 Å². The predicted octanol–water partition coefficient (Wildman–Crippen LogP) is 5.15. The lowest BCUT2D eigenvalue weighted by molar-refractivity contribution is 0.575. The van der Waals surface area contributed by atoms with E-state index in [1.54, 1.807) is 6.07 Å². The van der Waals surface area contributed by atoms with Crippen LogP contribution in [0.2, 0.25) is 10.0 Å². The molecule has 2 aromatic rings. The Morgan fingerprint density at radius 2 is 1.74 bits per heavy atom. The Labute approximate surface area is 124 Å². The van der Waals surface area contributed by atoms with E-state index in [9.17, 15) is 0 Å². The zero-order valence-electron chi connectivity index (χ0n) is 11.1. The number of hydrogen-bond acceptors (Lipinski definition) is 1. The Morgan fingerprint density at radius 3 is 2.42 bits per heavy atom. The molecule has 0 aromatic heterocycles. The van der Waals surface area contributed by atoms with E-state index in [0.717, 1.165) is 12.1 Å². The number of halogens is 2. The maximum Gasteiger partial charge on any atom is 0.0639 e. The number of nitrogens with one attached hydrogen (secondary N) is 1. The number of rotatable bonds is 4. The minimum atomic E-state index is 0.160. The van der Waals surface area contributed by atoms with Gasteiger partial charge in [0.05, 0.1) is 10.0 Å². The van der Waals surface area contributed by atoms with Gasteiger partial charge in [0.15, 0.2) is 0 Å². The summed E-state index contributed by atoms with van der Waals surface area (Å²) in [5.74, 6) is 0. The molecule has 0 amide bonds. The van der Waals surface area contributed by atoms with Crippen LogP contribution >= 0.6 is 23.2 Å². The van der Waals surface area contributed by atoms with Gasteiger partial charge in [-0.2, -0.15) is 0 Å². The average molecular weight is 294 g/mol. The van der Waals surface area contributed by atoms with E-state index in [-0.39, 0.29) is 6.04 Å². The SMILES string of the molecule is Cc1ccc(CNC(C)c2cccc(Cl)c2Cl)cc1. The molecular formula is C16H17Cl2N. The molecule has 0 aliphatic rings. The molecule has 0 aliphatic heterocycles. The van der Waals surface area contributed by atoms with Crippen molar-refractivity contribution in [3.8, 4) is 0 Å². The summed E-state index contributed by atoms with van der Waals surface area (Å²) in [6.07, 6.45) is 0. The van der Waals surface area contributed by atoms with Gasteiger partial charge in [0.25, 0.3) is 0 Å². The second-order valence-corrected chi connectivity index (χ2v) is 5.52. The third-order valence-corrected chi connectivity index (χ3v) is 4.01. The van der Waals surface area contributed by atoms with Gasteiger partial charge in [-0.3, -0.25) is 0 Å². The smallest absolute Gasteiger partial charge is 0.0639 e. The van der Waals surface area contributed by atoms with Crippen LogP contribution in [0.15, 0.2) is 42.5 Å². The molecule has 2 aromatic carbocycles. The Bertz CT molecular complexity index is 549. The lowest BCUT2D eigenvalue weighted by Crippen LogP contribution is -2.18. The molecule has 100 valence electrons. The Kier molecular flexibility index (Phi) is 4.87. The number of aryl methyl sites for hydroxylation is 1. The monoisotopic (exact) mass is 293 g/mol. The van der Waals surface area contributed by atoms with E-state index >= 15 is 0 Å². The second kappa shape index (κ2) is 6.42. The van der Waals surface area contributed by atoms with Gasteiger partial charge < -0.3 is 5.32 Å². The normalized spacial score (nSPS) is 12.4. The third-order valence-electron chi connectivity index (χ3n) is 3.18. The molecule has 2 rings (SSSR count). The molecular weight excluding hydrogens is 277 g/mol. The Hall–Kier alpha value is -1.02. The summed E-state index contributed by atoms with van der Waals surface area (Å²) in [7, 11) is 0. The maximum atomic E-state index is 6.22. The van der Waals surface area contributed by atoms with Crippen LogP contribution in [0.25, 0.3) is 0 Å². The summed E-state index contributed by atoms with van der Waals surface area (Å²) in [6, 6.07) is 14.4. The van der Waals surface area contributed by atoms with Gasteiger partial charge in [0.2, 0.25) is 0 Å². The predicted molar refractivity (Wildman–Crippen MR) is 82.9 cm³/mol.